The van der Waals surface area contributed by atoms with Crippen LogP contribution in [-0.2, 0) is 14.4 Å². The molecule has 0 aromatic heterocycles. The lowest BCUT2D eigenvalue weighted by Crippen LogP contribution is -2.40. The lowest BCUT2D eigenvalue weighted by atomic mass is 9.93. The Hall–Kier alpha value is -2.86. The van der Waals surface area contributed by atoms with Crippen molar-refractivity contribution in [2.24, 2.45) is 5.92 Å². The number of nitrogens with zero attached hydrogens (tertiary/aromatic N) is 2. The summed E-state index contributed by atoms with van der Waals surface area (Å²) in [7, 11) is 1.53. The molecule has 0 aliphatic carbocycles. The number of rotatable bonds is 5. The van der Waals surface area contributed by atoms with E-state index in [4.69, 9.17) is 9.57 Å². The molecule has 3 atom stereocenters. The molecule has 4 rings (SSSR count). The molecule has 2 aromatic carbocycles. The second-order valence-electron chi connectivity index (χ2n) is 6.75. The molecule has 2 aliphatic rings. The Labute approximate surface area is 158 Å². The fourth-order valence-corrected chi connectivity index (χ4v) is 3.96. The second kappa shape index (κ2) is 7.04. The van der Waals surface area contributed by atoms with Gasteiger partial charge in [0.25, 0.3) is 5.91 Å². The maximum absolute atomic E-state index is 13.3. The molecule has 2 saturated heterocycles. The van der Waals surface area contributed by atoms with Crippen molar-refractivity contribution in [3.8, 4) is 5.75 Å². The highest BCUT2D eigenvalue weighted by Gasteiger charge is 2.59. The second-order valence-corrected chi connectivity index (χ2v) is 6.75. The number of hydrogen-bond acceptors (Lipinski definition) is 5. The largest absolute Gasteiger partial charge is 0.495 e. The lowest BCUT2D eigenvalue weighted by Gasteiger charge is -2.28. The van der Waals surface area contributed by atoms with Gasteiger partial charge >= 0.3 is 0 Å². The van der Waals surface area contributed by atoms with E-state index in [-0.39, 0.29) is 17.9 Å². The zero-order valence-electron chi connectivity index (χ0n) is 15.4. The summed E-state index contributed by atoms with van der Waals surface area (Å²) in [6.45, 7) is 2.07. The Morgan fingerprint density at radius 1 is 1.00 bits per heavy atom. The van der Waals surface area contributed by atoms with Crippen LogP contribution in [0, 0.1) is 5.92 Å². The van der Waals surface area contributed by atoms with Crippen LogP contribution >= 0.6 is 0 Å². The Bertz CT molecular complexity index is 854. The first-order valence-electron chi connectivity index (χ1n) is 9.19. The molecule has 6 nitrogen and oxygen atoms in total. The lowest BCUT2D eigenvalue weighted by molar-refractivity contribution is -0.126. The number of methoxy groups -OCH3 is 1. The van der Waals surface area contributed by atoms with Crippen molar-refractivity contribution in [1.29, 1.82) is 0 Å². The summed E-state index contributed by atoms with van der Waals surface area (Å²) in [5, 5.41) is 1.74. The first-order chi connectivity index (χ1) is 13.2. The van der Waals surface area contributed by atoms with E-state index in [1.165, 1.54) is 12.0 Å². The monoisotopic (exact) mass is 366 g/mol. The number of ether oxygens (including phenoxy) is 1. The van der Waals surface area contributed by atoms with Crippen molar-refractivity contribution >= 4 is 23.2 Å². The number of amides is 2. The zero-order valence-corrected chi connectivity index (χ0v) is 15.4. The Morgan fingerprint density at radius 3 is 2.41 bits per heavy atom. The molecule has 0 bridgehead atoms. The van der Waals surface area contributed by atoms with Gasteiger partial charge < -0.3 is 4.74 Å². The van der Waals surface area contributed by atoms with E-state index in [9.17, 15) is 9.59 Å². The van der Waals surface area contributed by atoms with Gasteiger partial charge in [0.15, 0.2) is 6.10 Å². The molecule has 0 spiro atoms. The van der Waals surface area contributed by atoms with Crippen LogP contribution in [0.25, 0.3) is 0 Å². The van der Waals surface area contributed by atoms with Gasteiger partial charge in [-0.05, 0) is 30.7 Å². The summed E-state index contributed by atoms with van der Waals surface area (Å²) in [5.41, 5.74) is 1.32. The Balaban J connectivity index is 1.70. The number of benzene rings is 2. The van der Waals surface area contributed by atoms with Crippen LogP contribution in [0.5, 0.6) is 5.75 Å². The molecular weight excluding hydrogens is 344 g/mol. The number of imide groups is 1. The maximum atomic E-state index is 13.3. The van der Waals surface area contributed by atoms with Gasteiger partial charge in [-0.1, -0.05) is 43.7 Å². The van der Waals surface area contributed by atoms with Gasteiger partial charge in [0.2, 0.25) is 5.91 Å². The van der Waals surface area contributed by atoms with Crippen molar-refractivity contribution in [1.82, 2.24) is 0 Å². The molecule has 0 N–H and O–H groups in total. The Morgan fingerprint density at radius 2 is 1.70 bits per heavy atom. The van der Waals surface area contributed by atoms with Crippen molar-refractivity contribution in [3.05, 3.63) is 54.6 Å². The first kappa shape index (κ1) is 17.5. The summed E-state index contributed by atoms with van der Waals surface area (Å²) < 4.78 is 5.34. The summed E-state index contributed by atoms with van der Waals surface area (Å²) in [6.07, 6.45) is 0.838. The third-order valence-electron chi connectivity index (χ3n) is 5.16. The standard InChI is InChI=1S/C21H22N2O4/c1-3-9-16-18-19(27-23(16)14-10-5-4-6-11-14)21(25)22(20(18)24)15-12-7-8-13-17(15)26-2/h4-8,10-13,16,18-19H,3,9H2,1-2H3/t16-,18-,19+/m1/s1. The van der Waals surface area contributed by atoms with E-state index in [0.717, 1.165) is 18.5 Å². The van der Waals surface area contributed by atoms with Gasteiger partial charge in [-0.25, -0.2) is 9.96 Å². The first-order valence-corrected chi connectivity index (χ1v) is 9.19. The molecule has 140 valence electrons. The van der Waals surface area contributed by atoms with E-state index in [1.54, 1.807) is 23.3 Å². The molecule has 2 heterocycles. The SMILES string of the molecule is CCC[C@@H]1[C@H]2C(=O)N(c3ccccc3OC)C(=O)[C@H]2ON1c1ccccc1. The smallest absolute Gasteiger partial charge is 0.266 e. The molecule has 27 heavy (non-hydrogen) atoms. The molecule has 0 radical (unpaired) electrons. The minimum Gasteiger partial charge on any atom is -0.495 e. The van der Waals surface area contributed by atoms with E-state index in [0.29, 0.717) is 11.4 Å². The van der Waals surface area contributed by atoms with Crippen LogP contribution in [0.4, 0.5) is 11.4 Å². The highest BCUT2D eigenvalue weighted by molar-refractivity contribution is 6.24. The van der Waals surface area contributed by atoms with Crippen molar-refractivity contribution < 1.29 is 19.2 Å². The number of carbonyl (C=O) groups excluding carboxylic acids is 2. The highest BCUT2D eigenvalue weighted by atomic mass is 16.7. The highest BCUT2D eigenvalue weighted by Crippen LogP contribution is 2.43. The van der Waals surface area contributed by atoms with Crippen LogP contribution in [0.2, 0.25) is 0 Å². The van der Waals surface area contributed by atoms with Crippen molar-refractivity contribution in [2.45, 2.75) is 31.9 Å². The minimum absolute atomic E-state index is 0.182. The van der Waals surface area contributed by atoms with Crippen LogP contribution in [0.3, 0.4) is 0 Å². The van der Waals surface area contributed by atoms with Crippen LogP contribution < -0.4 is 14.7 Å². The summed E-state index contributed by atoms with van der Waals surface area (Å²) in [4.78, 5) is 33.6. The fraction of sp³-hybridized carbons (Fsp3) is 0.333. The van der Waals surface area contributed by atoms with Crippen LogP contribution in [0.1, 0.15) is 19.8 Å². The van der Waals surface area contributed by atoms with E-state index >= 15 is 0 Å². The molecule has 0 saturated carbocycles. The fourth-order valence-electron chi connectivity index (χ4n) is 3.96. The quantitative estimate of drug-likeness (QED) is 0.761. The van der Waals surface area contributed by atoms with Crippen LogP contribution in [0.15, 0.2) is 54.6 Å². The van der Waals surface area contributed by atoms with E-state index < -0.39 is 12.0 Å². The van der Waals surface area contributed by atoms with Gasteiger partial charge in [-0.3, -0.25) is 14.4 Å². The van der Waals surface area contributed by atoms with Gasteiger partial charge in [0, 0.05) is 0 Å². The van der Waals surface area contributed by atoms with Crippen molar-refractivity contribution in [3.63, 3.8) is 0 Å². The molecular formula is C21H22N2O4. The van der Waals surface area contributed by atoms with Gasteiger partial charge in [-0.2, -0.15) is 0 Å². The predicted octanol–water partition coefficient (Wildman–Crippen LogP) is 3.17. The average Bonchev–Trinajstić information content (AvgIpc) is 3.19. The van der Waals surface area contributed by atoms with Gasteiger partial charge in [0.05, 0.1) is 30.4 Å². The predicted molar refractivity (Wildman–Crippen MR) is 101 cm³/mol. The normalized spacial score (nSPS) is 24.4. The maximum Gasteiger partial charge on any atom is 0.266 e. The third kappa shape index (κ3) is 2.77. The van der Waals surface area contributed by atoms with Gasteiger partial charge in [-0.15, -0.1) is 0 Å². The molecule has 2 amide bonds. The number of carbonyl (C=O) groups is 2. The average molecular weight is 366 g/mol. The molecule has 2 aromatic rings. The number of anilines is 2. The topological polar surface area (TPSA) is 59.1 Å². The zero-order chi connectivity index (χ0) is 19.0. The number of hydroxylamine groups is 1. The summed E-state index contributed by atoms with van der Waals surface area (Å²) >= 11 is 0. The van der Waals surface area contributed by atoms with Crippen LogP contribution in [-0.4, -0.2) is 31.1 Å². The molecule has 6 heteroatoms. The molecule has 2 fully saturated rings. The van der Waals surface area contributed by atoms with E-state index in [1.807, 2.05) is 36.4 Å². The third-order valence-corrected chi connectivity index (χ3v) is 5.16. The minimum atomic E-state index is -0.806. The number of hydrogen-bond donors (Lipinski definition) is 0. The van der Waals surface area contributed by atoms with Crippen molar-refractivity contribution in [2.75, 3.05) is 17.1 Å². The summed E-state index contributed by atoms with van der Waals surface area (Å²) in [5.74, 6) is -0.603. The number of para-hydroxylation sites is 3. The summed E-state index contributed by atoms with van der Waals surface area (Å²) in [6, 6.07) is 16.5. The Kier molecular flexibility index (Phi) is 4.58. The molecule has 2 aliphatic heterocycles. The number of fused-ring (bicyclic) bond motifs is 1. The van der Waals surface area contributed by atoms with E-state index in [2.05, 4.69) is 6.92 Å². The molecule has 0 unspecified atom stereocenters. The van der Waals surface area contributed by atoms with Gasteiger partial charge in [0.1, 0.15) is 5.75 Å².